The molecule has 3 aromatic rings. The van der Waals surface area contributed by atoms with E-state index in [1.54, 1.807) is 36.7 Å². The van der Waals surface area contributed by atoms with Crippen molar-refractivity contribution in [1.82, 2.24) is 9.97 Å². The van der Waals surface area contributed by atoms with E-state index in [0.717, 1.165) is 0 Å². The van der Waals surface area contributed by atoms with Gasteiger partial charge in [-0.3, -0.25) is 14.5 Å². The van der Waals surface area contributed by atoms with Crippen LogP contribution < -0.4 is 10.0 Å². The summed E-state index contributed by atoms with van der Waals surface area (Å²) >= 11 is 1.19. The van der Waals surface area contributed by atoms with Gasteiger partial charge in [0.1, 0.15) is 0 Å². The van der Waals surface area contributed by atoms with E-state index >= 15 is 0 Å². The fraction of sp³-hybridized carbons (Fsp3) is 0.133. The maximum atomic E-state index is 12.6. The third-order valence-corrected chi connectivity index (χ3v) is 5.48. The average Bonchev–Trinajstić information content (AvgIpc) is 3.07. The van der Waals surface area contributed by atoms with Gasteiger partial charge in [0.25, 0.3) is 10.0 Å². The smallest absolute Gasteiger partial charge is 0.264 e. The molecule has 0 aliphatic carbocycles. The highest BCUT2D eigenvalue weighted by molar-refractivity contribution is 7.93. The van der Waals surface area contributed by atoms with Gasteiger partial charge in [0.2, 0.25) is 5.91 Å². The van der Waals surface area contributed by atoms with Crippen LogP contribution in [0.2, 0.25) is 0 Å². The normalized spacial score (nSPS) is 11.4. The average molecular weight is 362 g/mol. The summed E-state index contributed by atoms with van der Waals surface area (Å²) < 4.78 is 27.7. The van der Waals surface area contributed by atoms with Gasteiger partial charge in [-0.1, -0.05) is 6.92 Å². The van der Waals surface area contributed by atoms with Crippen LogP contribution in [-0.4, -0.2) is 24.3 Å². The molecule has 0 bridgehead atoms. The van der Waals surface area contributed by atoms with E-state index in [-0.39, 0.29) is 15.9 Å². The zero-order valence-corrected chi connectivity index (χ0v) is 14.3. The second kappa shape index (κ2) is 6.54. The van der Waals surface area contributed by atoms with Crippen molar-refractivity contribution in [3.05, 3.63) is 42.0 Å². The summed E-state index contributed by atoms with van der Waals surface area (Å²) in [5, 5.41) is 5.13. The van der Waals surface area contributed by atoms with E-state index in [9.17, 15) is 13.2 Å². The van der Waals surface area contributed by atoms with E-state index in [1.165, 1.54) is 23.6 Å². The Morgan fingerprint density at radius 1 is 1.21 bits per heavy atom. The van der Waals surface area contributed by atoms with Crippen LogP contribution in [0.1, 0.15) is 13.3 Å². The van der Waals surface area contributed by atoms with Crippen LogP contribution in [0.4, 0.5) is 10.8 Å². The number of rotatable bonds is 5. The summed E-state index contributed by atoms with van der Waals surface area (Å²) in [6.07, 6.45) is 3.39. The molecule has 2 heterocycles. The Hall–Kier alpha value is -2.52. The molecule has 1 aromatic carbocycles. The Labute approximate surface area is 142 Å². The van der Waals surface area contributed by atoms with Crippen molar-refractivity contribution in [2.24, 2.45) is 0 Å². The molecule has 9 heteroatoms. The number of pyridine rings is 1. The van der Waals surface area contributed by atoms with E-state index in [2.05, 4.69) is 20.0 Å². The van der Waals surface area contributed by atoms with E-state index < -0.39 is 10.0 Å². The fourth-order valence-electron chi connectivity index (χ4n) is 2.16. The van der Waals surface area contributed by atoms with Crippen molar-refractivity contribution in [1.29, 1.82) is 0 Å². The molecule has 124 valence electrons. The van der Waals surface area contributed by atoms with Crippen LogP contribution in [0.25, 0.3) is 10.9 Å². The summed E-state index contributed by atoms with van der Waals surface area (Å²) in [6.45, 7) is 1.74. The first-order valence-corrected chi connectivity index (χ1v) is 9.47. The lowest BCUT2D eigenvalue weighted by Crippen LogP contribution is -2.14. The van der Waals surface area contributed by atoms with Crippen LogP contribution in [0.15, 0.2) is 46.9 Å². The molecule has 0 aliphatic heterocycles. The van der Waals surface area contributed by atoms with E-state index in [4.69, 9.17) is 0 Å². The first-order chi connectivity index (χ1) is 11.5. The van der Waals surface area contributed by atoms with Crippen LogP contribution in [0.3, 0.4) is 0 Å². The molecule has 0 fully saturated rings. The number of fused-ring (bicyclic) bond motifs is 1. The van der Waals surface area contributed by atoms with Gasteiger partial charge < -0.3 is 5.32 Å². The van der Waals surface area contributed by atoms with Crippen molar-refractivity contribution >= 4 is 49.0 Å². The van der Waals surface area contributed by atoms with Gasteiger partial charge >= 0.3 is 0 Å². The molecule has 0 saturated heterocycles. The Balaban J connectivity index is 2.10. The third kappa shape index (κ3) is 3.22. The number of anilines is 2. The van der Waals surface area contributed by atoms with Gasteiger partial charge in [-0.2, -0.15) is 0 Å². The highest BCUT2D eigenvalue weighted by Gasteiger charge is 2.20. The molecule has 24 heavy (non-hydrogen) atoms. The molecule has 0 aliphatic rings. The monoisotopic (exact) mass is 362 g/mol. The SMILES string of the molecule is CCC(=O)Nc1ccc(S(=O)(=O)Nc2nccs2)c2cccnc12. The number of carbonyl (C=O) groups is 1. The fourth-order valence-corrected chi connectivity index (χ4v) is 4.15. The standard InChI is InChI=1S/C15H14N4O3S2/c1-2-13(20)18-11-5-6-12(10-4-3-7-16-14(10)11)24(21,22)19-15-17-8-9-23-15/h3-9H,2H2,1H3,(H,17,19)(H,18,20). The molecule has 7 nitrogen and oxygen atoms in total. The maximum absolute atomic E-state index is 12.6. The van der Waals surface area contributed by atoms with Crippen LogP contribution in [-0.2, 0) is 14.8 Å². The van der Waals surface area contributed by atoms with Gasteiger partial charge in [0.05, 0.1) is 16.1 Å². The Bertz CT molecular complexity index is 985. The quantitative estimate of drug-likeness (QED) is 0.727. The molecule has 0 unspecified atom stereocenters. The molecule has 0 radical (unpaired) electrons. The summed E-state index contributed by atoms with van der Waals surface area (Å²) in [6, 6.07) is 6.29. The predicted octanol–water partition coefficient (Wildman–Crippen LogP) is 2.84. The van der Waals surface area contributed by atoms with Gasteiger partial charge in [-0.25, -0.2) is 13.4 Å². The number of hydrogen-bond acceptors (Lipinski definition) is 6. The number of carbonyl (C=O) groups excluding carboxylic acids is 1. The highest BCUT2D eigenvalue weighted by atomic mass is 32.2. The lowest BCUT2D eigenvalue weighted by molar-refractivity contribution is -0.115. The minimum atomic E-state index is -3.82. The number of hydrogen-bond donors (Lipinski definition) is 2. The predicted molar refractivity (Wildman–Crippen MR) is 93.6 cm³/mol. The van der Waals surface area contributed by atoms with Crippen molar-refractivity contribution < 1.29 is 13.2 Å². The summed E-state index contributed by atoms with van der Waals surface area (Å²) in [7, 11) is -3.82. The number of amides is 1. The zero-order chi connectivity index (χ0) is 17.2. The van der Waals surface area contributed by atoms with Crippen molar-refractivity contribution in [3.8, 4) is 0 Å². The van der Waals surface area contributed by atoms with Gasteiger partial charge in [-0.05, 0) is 24.3 Å². The van der Waals surface area contributed by atoms with E-state index in [1.807, 2.05) is 0 Å². The van der Waals surface area contributed by atoms with Gasteiger partial charge in [-0.15, -0.1) is 11.3 Å². The number of nitrogens with zero attached hydrogens (tertiary/aromatic N) is 2. The molecular weight excluding hydrogens is 348 g/mol. The van der Waals surface area contributed by atoms with Crippen molar-refractivity contribution in [3.63, 3.8) is 0 Å². The first kappa shape index (κ1) is 16.3. The molecule has 1 amide bonds. The number of benzene rings is 1. The second-order valence-corrected chi connectivity index (χ2v) is 7.40. The number of sulfonamides is 1. The Morgan fingerprint density at radius 3 is 2.75 bits per heavy atom. The van der Waals surface area contributed by atoms with E-state index in [0.29, 0.717) is 23.0 Å². The zero-order valence-electron chi connectivity index (χ0n) is 12.7. The molecule has 0 saturated carbocycles. The lowest BCUT2D eigenvalue weighted by atomic mass is 10.2. The van der Waals surface area contributed by atoms with Crippen LogP contribution in [0.5, 0.6) is 0 Å². The topological polar surface area (TPSA) is 101 Å². The number of aromatic nitrogens is 2. The lowest BCUT2D eigenvalue weighted by Gasteiger charge is -2.12. The summed E-state index contributed by atoms with van der Waals surface area (Å²) in [5.74, 6) is -0.168. The molecule has 3 rings (SSSR count). The highest BCUT2D eigenvalue weighted by Crippen LogP contribution is 2.29. The first-order valence-electron chi connectivity index (χ1n) is 7.11. The molecule has 2 N–H and O–H groups in total. The molecular formula is C15H14N4O3S2. The molecule has 0 atom stereocenters. The largest absolute Gasteiger partial charge is 0.324 e. The molecule has 2 aromatic heterocycles. The summed E-state index contributed by atoms with van der Waals surface area (Å²) in [5.41, 5.74) is 0.895. The molecule has 0 spiro atoms. The van der Waals surface area contributed by atoms with Crippen molar-refractivity contribution in [2.45, 2.75) is 18.2 Å². The maximum Gasteiger partial charge on any atom is 0.264 e. The van der Waals surface area contributed by atoms with Gasteiger partial charge in [0.15, 0.2) is 5.13 Å². The van der Waals surface area contributed by atoms with Crippen LogP contribution in [0, 0.1) is 0 Å². The number of nitrogens with one attached hydrogen (secondary N) is 2. The minimum Gasteiger partial charge on any atom is -0.324 e. The summed E-state index contributed by atoms with van der Waals surface area (Å²) in [4.78, 5) is 19.9. The third-order valence-electron chi connectivity index (χ3n) is 3.27. The second-order valence-electron chi connectivity index (χ2n) is 4.86. The number of thiazole rings is 1. The Morgan fingerprint density at radius 2 is 2.04 bits per heavy atom. The van der Waals surface area contributed by atoms with Gasteiger partial charge in [0, 0.05) is 29.6 Å². The Kier molecular flexibility index (Phi) is 4.45. The van der Waals surface area contributed by atoms with Crippen LogP contribution >= 0.6 is 11.3 Å². The van der Waals surface area contributed by atoms with Crippen molar-refractivity contribution in [2.75, 3.05) is 10.0 Å². The minimum absolute atomic E-state index is 0.0790.